The zero-order valence-electron chi connectivity index (χ0n) is 19.9. The molecule has 0 spiro atoms. The second kappa shape index (κ2) is 14.5. The molecule has 1 fully saturated rings. The van der Waals surface area contributed by atoms with Gasteiger partial charge in [0.1, 0.15) is 0 Å². The minimum Gasteiger partial charge on any atom is -0.382 e. The summed E-state index contributed by atoms with van der Waals surface area (Å²) in [6.07, 6.45) is 5.41. The van der Waals surface area contributed by atoms with E-state index in [9.17, 15) is 4.79 Å². The highest BCUT2D eigenvalue weighted by Crippen LogP contribution is 2.17. The largest absolute Gasteiger partial charge is 0.382 e. The fourth-order valence-electron chi connectivity index (χ4n) is 3.65. The van der Waals surface area contributed by atoms with Crippen LogP contribution in [0.3, 0.4) is 0 Å². The van der Waals surface area contributed by atoms with Crippen molar-refractivity contribution in [2.75, 3.05) is 63.8 Å². The van der Waals surface area contributed by atoms with Gasteiger partial charge in [0.2, 0.25) is 0 Å². The molecule has 1 aliphatic rings. The third-order valence-corrected chi connectivity index (χ3v) is 5.85. The van der Waals surface area contributed by atoms with Crippen molar-refractivity contribution < 1.29 is 4.79 Å². The Labute approximate surface area is 206 Å². The molecular formula is C21H38ClN11O. The van der Waals surface area contributed by atoms with E-state index in [2.05, 4.69) is 35.7 Å². The Hall–Kier alpha value is -2.70. The molecule has 1 amide bonds. The topological polar surface area (TPSA) is 185 Å². The number of nitrogens with zero attached hydrogens (tertiary/aromatic N) is 4. The lowest BCUT2D eigenvalue weighted by Gasteiger charge is -2.34. The summed E-state index contributed by atoms with van der Waals surface area (Å²) in [4.78, 5) is 24.8. The van der Waals surface area contributed by atoms with E-state index >= 15 is 0 Å². The summed E-state index contributed by atoms with van der Waals surface area (Å²) in [6, 6.07) is 0. The Morgan fingerprint density at radius 1 is 0.912 bits per heavy atom. The van der Waals surface area contributed by atoms with E-state index < -0.39 is 5.91 Å². The van der Waals surface area contributed by atoms with E-state index in [0.717, 1.165) is 65.1 Å². The van der Waals surface area contributed by atoms with Crippen molar-refractivity contribution in [3.8, 4) is 0 Å². The zero-order chi connectivity index (χ0) is 24.9. The number of unbranched alkanes of at least 4 members (excludes halogenated alkanes) is 3. The van der Waals surface area contributed by atoms with Crippen LogP contribution >= 0.6 is 11.6 Å². The summed E-state index contributed by atoms with van der Waals surface area (Å²) in [6.45, 7) is 9.80. The van der Waals surface area contributed by atoms with E-state index in [1.54, 1.807) is 6.92 Å². The lowest BCUT2D eigenvalue weighted by atomic mass is 10.2. The lowest BCUT2D eigenvalue weighted by molar-refractivity contribution is 0.0971. The molecule has 0 aromatic carbocycles. The van der Waals surface area contributed by atoms with Crippen molar-refractivity contribution in [1.29, 1.82) is 10.8 Å². The summed E-state index contributed by atoms with van der Waals surface area (Å²) in [5.41, 5.74) is 11.0. The first kappa shape index (κ1) is 27.5. The molecule has 13 heteroatoms. The van der Waals surface area contributed by atoms with Crippen molar-refractivity contribution >= 4 is 40.9 Å². The molecule has 1 aromatic heterocycles. The summed E-state index contributed by atoms with van der Waals surface area (Å²) in [5, 5.41) is 23.4. The van der Waals surface area contributed by atoms with Crippen LogP contribution in [-0.2, 0) is 0 Å². The molecule has 0 bridgehead atoms. The van der Waals surface area contributed by atoms with E-state index in [4.69, 9.17) is 33.9 Å². The predicted molar refractivity (Wildman–Crippen MR) is 136 cm³/mol. The first-order chi connectivity index (χ1) is 16.3. The molecule has 2 heterocycles. The number of amides is 1. The van der Waals surface area contributed by atoms with Crippen molar-refractivity contribution in [1.82, 2.24) is 35.7 Å². The highest BCUT2D eigenvalue weighted by molar-refractivity contribution is 6.31. The van der Waals surface area contributed by atoms with Crippen LogP contribution < -0.4 is 27.4 Å². The average Bonchev–Trinajstić information content (AvgIpc) is 2.79. The van der Waals surface area contributed by atoms with Gasteiger partial charge in [-0.2, -0.15) is 0 Å². The summed E-state index contributed by atoms with van der Waals surface area (Å²) < 4.78 is 0. The molecule has 12 nitrogen and oxygen atoms in total. The van der Waals surface area contributed by atoms with Crippen LogP contribution in [0.15, 0.2) is 0 Å². The molecule has 0 unspecified atom stereocenters. The number of guanidine groups is 1. The summed E-state index contributed by atoms with van der Waals surface area (Å²) >= 11 is 5.79. The van der Waals surface area contributed by atoms with Crippen LogP contribution in [0, 0.1) is 10.8 Å². The highest BCUT2D eigenvalue weighted by Gasteiger charge is 2.18. The van der Waals surface area contributed by atoms with Gasteiger partial charge in [-0.15, -0.1) is 0 Å². The molecule has 0 saturated carbocycles. The van der Waals surface area contributed by atoms with Crippen LogP contribution in [0.25, 0.3) is 0 Å². The van der Waals surface area contributed by atoms with Gasteiger partial charge < -0.3 is 31.9 Å². The smallest absolute Gasteiger partial charge is 0.280 e. The molecule has 0 radical (unpaired) electrons. The Kier molecular flexibility index (Phi) is 11.8. The zero-order valence-corrected chi connectivity index (χ0v) is 20.7. The number of aromatic nitrogens is 2. The molecule has 0 aliphatic carbocycles. The molecule has 9 N–H and O–H groups in total. The van der Waals surface area contributed by atoms with Gasteiger partial charge in [-0.05, 0) is 45.7 Å². The van der Waals surface area contributed by atoms with Gasteiger partial charge in [0.15, 0.2) is 28.4 Å². The van der Waals surface area contributed by atoms with Crippen LogP contribution in [0.2, 0.25) is 5.15 Å². The SMILES string of the molecule is CC(=N)NCCCCCN1CCN(CCCCNC(=N)NC(=O)c2nc(Cl)c(N)nc2N)CC1. The molecule has 1 saturated heterocycles. The number of carbonyl (C=O) groups is 1. The minimum absolute atomic E-state index is 0.0516. The minimum atomic E-state index is -0.666. The number of rotatable bonds is 12. The van der Waals surface area contributed by atoms with Crippen LogP contribution in [0.1, 0.15) is 49.5 Å². The van der Waals surface area contributed by atoms with Gasteiger partial charge >= 0.3 is 0 Å². The number of nitrogen functional groups attached to an aromatic ring is 2. The van der Waals surface area contributed by atoms with Crippen LogP contribution in [0.5, 0.6) is 0 Å². The maximum atomic E-state index is 12.2. The maximum absolute atomic E-state index is 12.2. The molecule has 0 atom stereocenters. The van der Waals surface area contributed by atoms with Gasteiger partial charge in [0, 0.05) is 39.3 Å². The normalized spacial score (nSPS) is 14.5. The van der Waals surface area contributed by atoms with Gasteiger partial charge in [-0.25, -0.2) is 9.97 Å². The molecular weight excluding hydrogens is 458 g/mol. The number of hydrogen-bond donors (Lipinski definition) is 7. The number of piperazine rings is 1. The second-order valence-corrected chi connectivity index (χ2v) is 8.75. The van der Waals surface area contributed by atoms with Crippen LogP contribution in [-0.4, -0.2) is 89.8 Å². The van der Waals surface area contributed by atoms with Crippen molar-refractivity contribution in [3.05, 3.63) is 10.8 Å². The first-order valence-electron chi connectivity index (χ1n) is 11.7. The standard InChI is InChI=1S/C21H38ClN11O/c1-15(23)27-7-3-2-5-9-32-11-13-33(14-12-32)10-6-4-8-28-21(26)31-20(34)16-18(24)30-19(25)17(22)29-16/h2-14H2,1H3,(H2,23,27)(H4,24,25,30)(H3,26,28,31,34). The molecule has 1 aliphatic heterocycles. The number of halogens is 1. The Bertz CT molecular complexity index is 827. The number of anilines is 2. The van der Waals surface area contributed by atoms with Gasteiger partial charge in [-0.1, -0.05) is 18.0 Å². The number of carbonyl (C=O) groups excluding carboxylic acids is 1. The molecule has 2 rings (SSSR count). The molecule has 1 aromatic rings. The third kappa shape index (κ3) is 10.1. The fourth-order valence-corrected chi connectivity index (χ4v) is 3.78. The Morgan fingerprint density at radius 3 is 2.09 bits per heavy atom. The lowest BCUT2D eigenvalue weighted by Crippen LogP contribution is -2.46. The highest BCUT2D eigenvalue weighted by atomic mass is 35.5. The van der Waals surface area contributed by atoms with Gasteiger partial charge in [0.05, 0.1) is 5.84 Å². The predicted octanol–water partition coefficient (Wildman–Crippen LogP) is 0.703. The van der Waals surface area contributed by atoms with E-state index in [1.807, 2.05) is 0 Å². The monoisotopic (exact) mass is 495 g/mol. The third-order valence-electron chi connectivity index (χ3n) is 5.57. The fraction of sp³-hybridized carbons (Fsp3) is 0.667. The number of hydrogen-bond acceptors (Lipinski definition) is 9. The second-order valence-electron chi connectivity index (χ2n) is 8.39. The Morgan fingerprint density at radius 2 is 1.47 bits per heavy atom. The molecule has 34 heavy (non-hydrogen) atoms. The number of nitrogens with two attached hydrogens (primary N) is 2. The van der Waals surface area contributed by atoms with E-state index in [1.165, 1.54) is 12.8 Å². The van der Waals surface area contributed by atoms with E-state index in [0.29, 0.717) is 12.4 Å². The summed E-state index contributed by atoms with van der Waals surface area (Å²) in [7, 11) is 0. The van der Waals surface area contributed by atoms with Gasteiger partial charge in [-0.3, -0.25) is 20.9 Å². The number of nitrogens with one attached hydrogen (secondary N) is 5. The molecule has 190 valence electrons. The average molecular weight is 496 g/mol. The van der Waals surface area contributed by atoms with Crippen molar-refractivity contribution in [3.63, 3.8) is 0 Å². The van der Waals surface area contributed by atoms with Crippen molar-refractivity contribution in [2.45, 2.75) is 39.0 Å². The van der Waals surface area contributed by atoms with Crippen molar-refractivity contribution in [2.24, 2.45) is 0 Å². The quantitative estimate of drug-likeness (QED) is 0.124. The van der Waals surface area contributed by atoms with Gasteiger partial charge in [0.25, 0.3) is 5.91 Å². The maximum Gasteiger partial charge on any atom is 0.280 e. The first-order valence-corrected chi connectivity index (χ1v) is 12.1. The summed E-state index contributed by atoms with van der Waals surface area (Å²) in [5.74, 6) is -0.446. The van der Waals surface area contributed by atoms with Crippen LogP contribution in [0.4, 0.5) is 11.6 Å². The van der Waals surface area contributed by atoms with E-state index in [-0.39, 0.29) is 28.4 Å². The Balaban J connectivity index is 1.51. The number of amidine groups is 1.